The summed E-state index contributed by atoms with van der Waals surface area (Å²) >= 11 is 0. The maximum absolute atomic E-state index is 7.53. The van der Waals surface area contributed by atoms with Gasteiger partial charge in [-0.1, -0.05) is 20.3 Å². The normalized spacial score (nSPS) is 6.50. The van der Waals surface area contributed by atoms with Gasteiger partial charge in [0.2, 0.25) is 0 Å². The van der Waals surface area contributed by atoms with E-state index < -0.39 is 0 Å². The molecule has 5 heteroatoms. The maximum atomic E-state index is 7.53. The van der Waals surface area contributed by atoms with Crippen LogP contribution in [0.2, 0.25) is 0 Å². The largest absolute Gasteiger partial charge is 0.469 e. The molecule has 0 aromatic heterocycles. The first-order chi connectivity index (χ1) is 3.83. The lowest BCUT2D eigenvalue weighted by atomic mass is 10.3. The summed E-state index contributed by atoms with van der Waals surface area (Å²) in [6.07, 6.45) is 1.25. The quantitative estimate of drug-likeness (QED) is 0.476. The second kappa shape index (κ2) is 15.7. The second-order valence-corrected chi connectivity index (χ2v) is 1.05. The van der Waals surface area contributed by atoms with Crippen molar-refractivity contribution in [2.45, 2.75) is 20.3 Å². The summed E-state index contributed by atoms with van der Waals surface area (Å²) in [5, 5.41) is 15.1. The Morgan fingerprint density at radius 3 is 1.50 bits per heavy atom. The second-order valence-electron chi connectivity index (χ2n) is 1.05. The molecule has 0 spiro atoms. The standard InChI is InChI=1S/C3H8.B2H2O3/c1-3-2;3-1-5-2-4/h3H2,1-2H3;3-4H. The van der Waals surface area contributed by atoms with Crippen LogP contribution in [0.5, 0.6) is 0 Å². The van der Waals surface area contributed by atoms with E-state index in [-0.39, 0.29) is 0 Å². The maximum Gasteiger partial charge on any atom is 0.469 e. The van der Waals surface area contributed by atoms with Gasteiger partial charge in [-0.2, -0.15) is 0 Å². The summed E-state index contributed by atoms with van der Waals surface area (Å²) in [5.41, 5.74) is 0. The fourth-order valence-electron chi connectivity index (χ4n) is 0.0272. The van der Waals surface area contributed by atoms with Crippen LogP contribution in [0.4, 0.5) is 0 Å². The highest BCUT2D eigenvalue weighted by atomic mass is 16.5. The molecule has 0 aliphatic heterocycles. The smallest absolute Gasteiger partial charge is 0.456 e. The highest BCUT2D eigenvalue weighted by molar-refractivity contribution is 6.32. The zero-order chi connectivity index (χ0) is 6.83. The molecule has 0 saturated carbocycles. The average molecular weight is 116 g/mol. The summed E-state index contributed by atoms with van der Waals surface area (Å²) in [6.45, 7) is 4.25. The molecule has 0 unspecified atom stereocenters. The lowest BCUT2D eigenvalue weighted by molar-refractivity contribution is 0.408. The van der Waals surface area contributed by atoms with Crippen LogP contribution in [0.25, 0.3) is 0 Å². The summed E-state index contributed by atoms with van der Waals surface area (Å²) < 4.78 is 3.69. The number of hydrogen-bond acceptors (Lipinski definition) is 3. The first kappa shape index (κ1) is 10.9. The van der Waals surface area contributed by atoms with Crippen LogP contribution in [0.15, 0.2) is 0 Å². The molecule has 2 radical (unpaired) electrons. The van der Waals surface area contributed by atoms with Gasteiger partial charge < -0.3 is 14.6 Å². The van der Waals surface area contributed by atoms with Crippen molar-refractivity contribution < 1.29 is 14.6 Å². The van der Waals surface area contributed by atoms with Gasteiger partial charge in [0.15, 0.2) is 0 Å². The van der Waals surface area contributed by atoms with Crippen LogP contribution >= 0.6 is 0 Å². The average Bonchev–Trinajstić information content (AvgIpc) is 1.71. The van der Waals surface area contributed by atoms with Gasteiger partial charge in [0, 0.05) is 0 Å². The molecule has 0 amide bonds. The van der Waals surface area contributed by atoms with E-state index in [1.807, 2.05) is 0 Å². The van der Waals surface area contributed by atoms with E-state index in [1.165, 1.54) is 6.42 Å². The van der Waals surface area contributed by atoms with E-state index in [2.05, 4.69) is 18.4 Å². The summed E-state index contributed by atoms with van der Waals surface area (Å²) in [7, 11) is 0.750. The molecule has 0 aliphatic rings. The van der Waals surface area contributed by atoms with Crippen LogP contribution in [0, 0.1) is 0 Å². The highest BCUT2D eigenvalue weighted by Crippen LogP contribution is 1.56. The minimum Gasteiger partial charge on any atom is -0.456 e. The summed E-state index contributed by atoms with van der Waals surface area (Å²) in [6, 6.07) is 0. The van der Waals surface area contributed by atoms with Crippen molar-refractivity contribution in [3.05, 3.63) is 0 Å². The number of rotatable bonds is 2. The van der Waals surface area contributed by atoms with Crippen molar-refractivity contribution >= 4 is 15.4 Å². The van der Waals surface area contributed by atoms with Gasteiger partial charge >= 0.3 is 15.4 Å². The van der Waals surface area contributed by atoms with Crippen molar-refractivity contribution in [1.29, 1.82) is 0 Å². The minimum absolute atomic E-state index is 0.375. The van der Waals surface area contributed by atoms with Gasteiger partial charge in [0.25, 0.3) is 0 Å². The predicted molar refractivity (Wildman–Crippen MR) is 33.0 cm³/mol. The molecular formula is C3H10B2O3. The Hall–Kier alpha value is 0.00987. The minimum atomic E-state index is 0.375. The first-order valence-corrected chi connectivity index (χ1v) is 2.40. The Bertz CT molecular complexity index is 26.5. The molecule has 0 aliphatic carbocycles. The van der Waals surface area contributed by atoms with Gasteiger partial charge in [-0.3, -0.25) is 0 Å². The molecule has 0 atom stereocenters. The third kappa shape index (κ3) is 37.3. The molecule has 0 bridgehead atoms. The molecule has 0 fully saturated rings. The SMILES string of the molecule is CCC.O[B]O[B]O. The van der Waals surface area contributed by atoms with E-state index in [0.29, 0.717) is 15.4 Å². The fourth-order valence-corrected chi connectivity index (χ4v) is 0.0272. The van der Waals surface area contributed by atoms with Crippen molar-refractivity contribution in [3.63, 3.8) is 0 Å². The van der Waals surface area contributed by atoms with Crippen LogP contribution in [-0.4, -0.2) is 25.4 Å². The summed E-state index contributed by atoms with van der Waals surface area (Å²) in [5.74, 6) is 0. The molecule has 46 valence electrons. The Morgan fingerprint density at radius 2 is 1.50 bits per heavy atom. The van der Waals surface area contributed by atoms with Gasteiger partial charge in [-0.25, -0.2) is 0 Å². The molecule has 2 N–H and O–H groups in total. The zero-order valence-electron chi connectivity index (χ0n) is 5.16. The molecule has 0 aromatic rings. The molecule has 8 heavy (non-hydrogen) atoms. The van der Waals surface area contributed by atoms with Crippen molar-refractivity contribution in [2.75, 3.05) is 0 Å². The first-order valence-electron chi connectivity index (χ1n) is 2.40. The van der Waals surface area contributed by atoms with Crippen LogP contribution in [-0.2, 0) is 4.57 Å². The Balaban J connectivity index is 0. The molecular weight excluding hydrogens is 106 g/mol. The van der Waals surface area contributed by atoms with Crippen LogP contribution in [0.3, 0.4) is 0 Å². The lowest BCUT2D eigenvalue weighted by Crippen LogP contribution is -2.00. The molecule has 0 aromatic carbocycles. The van der Waals surface area contributed by atoms with E-state index in [1.54, 1.807) is 0 Å². The van der Waals surface area contributed by atoms with Crippen molar-refractivity contribution in [3.8, 4) is 0 Å². The Labute approximate surface area is 51.3 Å². The molecule has 0 saturated heterocycles. The van der Waals surface area contributed by atoms with Gasteiger partial charge in [-0.15, -0.1) is 0 Å². The van der Waals surface area contributed by atoms with E-state index in [4.69, 9.17) is 10.0 Å². The van der Waals surface area contributed by atoms with E-state index >= 15 is 0 Å². The van der Waals surface area contributed by atoms with Gasteiger partial charge in [0.05, 0.1) is 0 Å². The topological polar surface area (TPSA) is 49.7 Å². The molecule has 0 heterocycles. The summed E-state index contributed by atoms with van der Waals surface area (Å²) in [4.78, 5) is 0. The van der Waals surface area contributed by atoms with Crippen molar-refractivity contribution in [1.82, 2.24) is 0 Å². The lowest BCUT2D eigenvalue weighted by Gasteiger charge is -1.78. The third-order valence-corrected chi connectivity index (χ3v) is 0.122. The Morgan fingerprint density at radius 1 is 1.25 bits per heavy atom. The monoisotopic (exact) mass is 116 g/mol. The highest BCUT2D eigenvalue weighted by Gasteiger charge is 1.80. The van der Waals surface area contributed by atoms with Gasteiger partial charge in [-0.05, 0) is 0 Å². The van der Waals surface area contributed by atoms with E-state index in [9.17, 15) is 0 Å². The predicted octanol–water partition coefficient (Wildman–Crippen LogP) is -0.528. The third-order valence-electron chi connectivity index (χ3n) is 0.122. The van der Waals surface area contributed by atoms with E-state index in [0.717, 1.165) is 0 Å². The van der Waals surface area contributed by atoms with Crippen LogP contribution in [0.1, 0.15) is 20.3 Å². The van der Waals surface area contributed by atoms with Gasteiger partial charge in [0.1, 0.15) is 0 Å². The molecule has 3 nitrogen and oxygen atoms in total. The zero-order valence-corrected chi connectivity index (χ0v) is 5.16. The van der Waals surface area contributed by atoms with Crippen LogP contribution < -0.4 is 0 Å². The van der Waals surface area contributed by atoms with Crippen molar-refractivity contribution in [2.24, 2.45) is 0 Å². The fraction of sp³-hybridized carbons (Fsp3) is 1.00. The molecule has 0 rings (SSSR count). The Kier molecular flexibility index (Phi) is 21.4. The number of hydrogen-bond donors (Lipinski definition) is 2.